The molecule has 124 valence electrons. The molecule has 1 saturated carbocycles. The van der Waals surface area contributed by atoms with Gasteiger partial charge in [-0.05, 0) is 37.8 Å². The van der Waals surface area contributed by atoms with Crippen LogP contribution in [0.15, 0.2) is 42.6 Å². The van der Waals surface area contributed by atoms with Crippen molar-refractivity contribution in [3.63, 3.8) is 0 Å². The first-order valence-corrected chi connectivity index (χ1v) is 8.42. The summed E-state index contributed by atoms with van der Waals surface area (Å²) in [5, 5.41) is 7.76. The summed E-state index contributed by atoms with van der Waals surface area (Å²) < 4.78 is 1.78. The summed E-state index contributed by atoms with van der Waals surface area (Å²) in [6, 6.07) is 12.2. The molecule has 6 heteroatoms. The van der Waals surface area contributed by atoms with E-state index in [0.29, 0.717) is 17.8 Å². The van der Waals surface area contributed by atoms with Crippen LogP contribution in [0.4, 0.5) is 17.2 Å². The Bertz CT molecular complexity index is 833. The molecular weight excluding hydrogens is 300 g/mol. The second kappa shape index (κ2) is 6.13. The summed E-state index contributed by atoms with van der Waals surface area (Å²) in [6.07, 6.45) is 6.29. The van der Waals surface area contributed by atoms with Crippen molar-refractivity contribution in [3.05, 3.63) is 48.3 Å². The van der Waals surface area contributed by atoms with Crippen molar-refractivity contribution < 1.29 is 0 Å². The Kier molecular flexibility index (Phi) is 3.82. The fourth-order valence-electron chi connectivity index (χ4n) is 3.40. The lowest BCUT2D eigenvalue weighted by atomic mass is 9.85. The maximum Gasteiger partial charge on any atom is 0.177 e. The first kappa shape index (κ1) is 15.0. The van der Waals surface area contributed by atoms with Crippen molar-refractivity contribution >= 4 is 22.8 Å². The Morgan fingerprint density at radius 3 is 2.58 bits per heavy atom. The van der Waals surface area contributed by atoms with E-state index in [0.717, 1.165) is 48.4 Å². The fourth-order valence-corrected chi connectivity index (χ4v) is 3.40. The van der Waals surface area contributed by atoms with E-state index in [4.69, 9.17) is 16.5 Å². The van der Waals surface area contributed by atoms with E-state index in [1.807, 2.05) is 42.6 Å². The molecule has 0 aliphatic heterocycles. The van der Waals surface area contributed by atoms with E-state index in [9.17, 15) is 0 Å². The number of nitrogens with zero attached hydrogens (tertiary/aromatic N) is 3. The van der Waals surface area contributed by atoms with Crippen LogP contribution in [0.2, 0.25) is 0 Å². The van der Waals surface area contributed by atoms with Gasteiger partial charge in [-0.2, -0.15) is 0 Å². The molecule has 0 atom stereocenters. The summed E-state index contributed by atoms with van der Waals surface area (Å²) in [5.74, 6) is 0.924. The highest BCUT2D eigenvalue weighted by Crippen LogP contribution is 2.33. The summed E-state index contributed by atoms with van der Waals surface area (Å²) in [6.45, 7) is 0. The molecule has 0 saturated heterocycles. The molecule has 1 aliphatic carbocycles. The van der Waals surface area contributed by atoms with Gasteiger partial charge in [-0.3, -0.25) is 0 Å². The zero-order valence-corrected chi connectivity index (χ0v) is 13.5. The molecule has 0 spiro atoms. The minimum Gasteiger partial charge on any atom is -0.382 e. The van der Waals surface area contributed by atoms with Crippen molar-refractivity contribution in [2.24, 2.45) is 5.73 Å². The number of aromatic nitrogens is 3. The molecule has 2 heterocycles. The number of benzene rings is 1. The Morgan fingerprint density at radius 2 is 1.83 bits per heavy atom. The molecular formula is C18H22N6. The zero-order chi connectivity index (χ0) is 16.5. The summed E-state index contributed by atoms with van der Waals surface area (Å²) in [7, 11) is 0. The molecule has 1 fully saturated rings. The molecule has 0 amide bonds. The van der Waals surface area contributed by atoms with Gasteiger partial charge in [0.05, 0.1) is 17.6 Å². The maximum absolute atomic E-state index is 6.02. The number of hydrogen-bond donors (Lipinski definition) is 3. The van der Waals surface area contributed by atoms with Crippen LogP contribution in [0, 0.1) is 0 Å². The van der Waals surface area contributed by atoms with Crippen LogP contribution in [-0.2, 0) is 0 Å². The molecule has 1 aromatic carbocycles. The molecule has 0 radical (unpaired) electrons. The van der Waals surface area contributed by atoms with Gasteiger partial charge in [0.25, 0.3) is 0 Å². The number of fused-ring (bicyclic) bond motifs is 1. The van der Waals surface area contributed by atoms with Gasteiger partial charge in [0.15, 0.2) is 5.65 Å². The Hall–Kier alpha value is -2.60. The summed E-state index contributed by atoms with van der Waals surface area (Å²) in [5.41, 5.74) is 15.7. The molecule has 0 bridgehead atoms. The van der Waals surface area contributed by atoms with Crippen LogP contribution in [-0.4, -0.2) is 20.6 Å². The summed E-state index contributed by atoms with van der Waals surface area (Å²) in [4.78, 5) is 4.84. The molecule has 1 aliphatic rings. The number of anilines is 3. The number of nitrogens with one attached hydrogen (secondary N) is 1. The van der Waals surface area contributed by atoms with Crippen LogP contribution in [0.5, 0.6) is 0 Å². The van der Waals surface area contributed by atoms with Gasteiger partial charge in [-0.1, -0.05) is 18.2 Å². The van der Waals surface area contributed by atoms with Crippen LogP contribution >= 0.6 is 0 Å². The van der Waals surface area contributed by atoms with Crippen molar-refractivity contribution in [3.8, 4) is 0 Å². The molecule has 24 heavy (non-hydrogen) atoms. The van der Waals surface area contributed by atoms with Crippen LogP contribution < -0.4 is 16.8 Å². The lowest BCUT2D eigenvalue weighted by Gasteiger charge is -2.24. The van der Waals surface area contributed by atoms with Gasteiger partial charge in [0.1, 0.15) is 5.82 Å². The SMILES string of the molecule is Nc1cc(Nc2ccccc2)c2nc([C@H]3CC[C@@H](N)CC3)cn2n1. The van der Waals surface area contributed by atoms with Crippen LogP contribution in [0.1, 0.15) is 37.3 Å². The number of nitrogen functional groups attached to an aromatic ring is 1. The van der Waals surface area contributed by atoms with Gasteiger partial charge in [0, 0.05) is 23.7 Å². The van der Waals surface area contributed by atoms with E-state index in [2.05, 4.69) is 10.4 Å². The largest absolute Gasteiger partial charge is 0.382 e. The third-order valence-electron chi connectivity index (χ3n) is 4.71. The highest BCUT2D eigenvalue weighted by Gasteiger charge is 2.23. The smallest absolute Gasteiger partial charge is 0.177 e. The maximum atomic E-state index is 6.02. The number of hydrogen-bond acceptors (Lipinski definition) is 5. The van der Waals surface area contributed by atoms with Gasteiger partial charge < -0.3 is 16.8 Å². The van der Waals surface area contributed by atoms with Crippen molar-refractivity contribution in [2.45, 2.75) is 37.6 Å². The second-order valence-electron chi connectivity index (χ2n) is 6.52. The number of nitrogens with two attached hydrogens (primary N) is 2. The molecule has 5 N–H and O–H groups in total. The Balaban J connectivity index is 1.69. The highest BCUT2D eigenvalue weighted by atomic mass is 15.3. The predicted molar refractivity (Wildman–Crippen MR) is 96.3 cm³/mol. The van der Waals surface area contributed by atoms with Crippen molar-refractivity contribution in [1.82, 2.24) is 14.6 Å². The van der Waals surface area contributed by atoms with Gasteiger partial charge in [-0.15, -0.1) is 5.10 Å². The lowest BCUT2D eigenvalue weighted by Crippen LogP contribution is -2.25. The number of rotatable bonds is 3. The minimum atomic E-state index is 0.336. The van der Waals surface area contributed by atoms with E-state index >= 15 is 0 Å². The van der Waals surface area contributed by atoms with Crippen molar-refractivity contribution in [2.75, 3.05) is 11.1 Å². The lowest BCUT2D eigenvalue weighted by molar-refractivity contribution is 0.391. The molecule has 2 aromatic heterocycles. The number of imidazole rings is 1. The standard InChI is InChI=1S/C18H22N6/c19-13-8-6-12(7-9-13)16-11-24-18(22-16)15(10-17(20)23-24)21-14-4-2-1-3-5-14/h1-5,10-13,21H,6-9,19H2,(H2,20,23)/t12-,13+. The highest BCUT2D eigenvalue weighted by molar-refractivity contribution is 5.75. The Morgan fingerprint density at radius 1 is 1.08 bits per heavy atom. The van der Waals surface area contributed by atoms with E-state index in [1.54, 1.807) is 4.52 Å². The topological polar surface area (TPSA) is 94.3 Å². The molecule has 4 rings (SSSR count). The first-order valence-electron chi connectivity index (χ1n) is 8.42. The third kappa shape index (κ3) is 2.92. The summed E-state index contributed by atoms with van der Waals surface area (Å²) >= 11 is 0. The van der Waals surface area contributed by atoms with Gasteiger partial charge in [0.2, 0.25) is 0 Å². The van der Waals surface area contributed by atoms with Gasteiger partial charge >= 0.3 is 0 Å². The van der Waals surface area contributed by atoms with Crippen LogP contribution in [0.25, 0.3) is 5.65 Å². The predicted octanol–water partition coefficient (Wildman–Crippen LogP) is 3.04. The van der Waals surface area contributed by atoms with Gasteiger partial charge in [-0.25, -0.2) is 9.50 Å². The van der Waals surface area contributed by atoms with E-state index in [-0.39, 0.29) is 0 Å². The second-order valence-corrected chi connectivity index (χ2v) is 6.52. The molecule has 0 unspecified atom stereocenters. The normalized spacial score (nSPS) is 21.0. The van der Waals surface area contributed by atoms with Crippen LogP contribution in [0.3, 0.4) is 0 Å². The fraction of sp³-hybridized carbons (Fsp3) is 0.333. The third-order valence-corrected chi connectivity index (χ3v) is 4.71. The molecule has 3 aromatic rings. The van der Waals surface area contributed by atoms with E-state index in [1.165, 1.54) is 0 Å². The Labute approximate surface area is 140 Å². The monoisotopic (exact) mass is 322 g/mol. The average Bonchev–Trinajstić information content (AvgIpc) is 3.00. The first-order chi connectivity index (χ1) is 11.7. The van der Waals surface area contributed by atoms with E-state index < -0.39 is 0 Å². The molecule has 6 nitrogen and oxygen atoms in total. The average molecular weight is 322 g/mol. The van der Waals surface area contributed by atoms with Crippen molar-refractivity contribution in [1.29, 1.82) is 0 Å². The zero-order valence-electron chi connectivity index (χ0n) is 13.5. The number of para-hydroxylation sites is 1. The minimum absolute atomic E-state index is 0.336. The quantitative estimate of drug-likeness (QED) is 0.689.